The van der Waals surface area contributed by atoms with Crippen LogP contribution in [-0.2, 0) is 6.54 Å². The van der Waals surface area contributed by atoms with E-state index >= 15 is 0 Å². The lowest BCUT2D eigenvalue weighted by atomic mass is 10.1. The second-order valence-corrected chi connectivity index (χ2v) is 5.42. The molecule has 0 amide bonds. The van der Waals surface area contributed by atoms with Gasteiger partial charge in [-0.05, 0) is 29.5 Å². The van der Waals surface area contributed by atoms with E-state index in [-0.39, 0.29) is 0 Å². The first-order chi connectivity index (χ1) is 12.3. The van der Waals surface area contributed by atoms with Gasteiger partial charge in [-0.15, -0.1) is 10.2 Å². The van der Waals surface area contributed by atoms with Gasteiger partial charge in [0.2, 0.25) is 5.82 Å². The molecule has 0 aliphatic rings. The molecular weight excluding hydrogens is 318 g/mol. The molecule has 2 aromatic heterocycles. The molecule has 0 fully saturated rings. The van der Waals surface area contributed by atoms with Crippen molar-refractivity contribution in [3.63, 3.8) is 0 Å². The Hall–Kier alpha value is -3.48. The fourth-order valence-electron chi connectivity index (χ4n) is 2.44. The third-order valence-corrected chi connectivity index (χ3v) is 3.73. The molecule has 0 saturated carbocycles. The third-order valence-electron chi connectivity index (χ3n) is 3.73. The summed E-state index contributed by atoms with van der Waals surface area (Å²) in [4.78, 5) is 1.49. The van der Waals surface area contributed by atoms with Crippen LogP contribution in [0.15, 0.2) is 65.2 Å². The molecule has 25 heavy (non-hydrogen) atoms. The molecule has 2 aromatic carbocycles. The Balaban J connectivity index is 1.50. The SMILES string of the molecule is COc1ccc(-c2cc(Cn3nnc(-c4ccccc4)n3)on2)cc1. The second kappa shape index (κ2) is 6.56. The number of hydrogen-bond donors (Lipinski definition) is 0. The highest BCUT2D eigenvalue weighted by Crippen LogP contribution is 2.22. The topological polar surface area (TPSA) is 78.9 Å². The van der Waals surface area contributed by atoms with Crippen molar-refractivity contribution in [3.8, 4) is 28.4 Å². The predicted molar refractivity (Wildman–Crippen MR) is 90.8 cm³/mol. The molecule has 0 unspecified atom stereocenters. The highest BCUT2D eigenvalue weighted by Gasteiger charge is 2.10. The maximum absolute atomic E-state index is 5.38. The van der Waals surface area contributed by atoms with E-state index in [0.717, 1.165) is 22.6 Å². The van der Waals surface area contributed by atoms with E-state index < -0.39 is 0 Å². The monoisotopic (exact) mass is 333 g/mol. The van der Waals surface area contributed by atoms with E-state index in [1.54, 1.807) is 7.11 Å². The van der Waals surface area contributed by atoms with Gasteiger partial charge < -0.3 is 9.26 Å². The van der Waals surface area contributed by atoms with Gasteiger partial charge in [-0.2, -0.15) is 4.80 Å². The summed E-state index contributed by atoms with van der Waals surface area (Å²) in [6, 6.07) is 19.2. The smallest absolute Gasteiger partial charge is 0.204 e. The van der Waals surface area contributed by atoms with Crippen molar-refractivity contribution in [2.24, 2.45) is 0 Å². The molecule has 4 rings (SSSR count). The fourth-order valence-corrected chi connectivity index (χ4v) is 2.44. The molecule has 0 atom stereocenters. The summed E-state index contributed by atoms with van der Waals surface area (Å²) in [7, 11) is 1.64. The number of rotatable bonds is 5. The summed E-state index contributed by atoms with van der Waals surface area (Å²) in [5.41, 5.74) is 2.62. The molecule has 0 aliphatic heterocycles. The average molecular weight is 333 g/mol. The minimum atomic E-state index is 0.364. The lowest BCUT2D eigenvalue weighted by Gasteiger charge is -1.99. The van der Waals surface area contributed by atoms with Gasteiger partial charge in [0.05, 0.1) is 7.11 Å². The van der Waals surface area contributed by atoms with E-state index in [1.807, 2.05) is 60.7 Å². The molecule has 124 valence electrons. The predicted octanol–water partition coefficient (Wildman–Crippen LogP) is 3.05. The minimum Gasteiger partial charge on any atom is -0.497 e. The number of tetrazole rings is 1. The summed E-state index contributed by atoms with van der Waals surface area (Å²) in [6.45, 7) is 0.364. The Morgan fingerprint density at radius 1 is 1.00 bits per heavy atom. The molecule has 2 heterocycles. The van der Waals surface area contributed by atoms with Crippen LogP contribution in [0.2, 0.25) is 0 Å². The highest BCUT2D eigenvalue weighted by atomic mass is 16.5. The Morgan fingerprint density at radius 3 is 2.56 bits per heavy atom. The zero-order valence-corrected chi connectivity index (χ0v) is 13.5. The van der Waals surface area contributed by atoms with Crippen LogP contribution in [0.25, 0.3) is 22.6 Å². The zero-order chi connectivity index (χ0) is 17.1. The fraction of sp³-hybridized carbons (Fsp3) is 0.111. The number of ether oxygens (including phenoxy) is 1. The molecule has 0 spiro atoms. The molecular formula is C18H15N5O2. The lowest BCUT2D eigenvalue weighted by Crippen LogP contribution is -2.03. The van der Waals surface area contributed by atoms with Gasteiger partial charge in [0.1, 0.15) is 18.0 Å². The first-order valence-corrected chi connectivity index (χ1v) is 7.75. The van der Waals surface area contributed by atoms with Crippen LogP contribution in [0.5, 0.6) is 5.75 Å². The summed E-state index contributed by atoms with van der Waals surface area (Å²) in [6.07, 6.45) is 0. The Bertz CT molecular complexity index is 961. The van der Waals surface area contributed by atoms with Crippen LogP contribution in [0.3, 0.4) is 0 Å². The first-order valence-electron chi connectivity index (χ1n) is 7.75. The van der Waals surface area contributed by atoms with Crippen LogP contribution in [-0.4, -0.2) is 32.5 Å². The van der Waals surface area contributed by atoms with Crippen molar-refractivity contribution in [2.75, 3.05) is 7.11 Å². The molecule has 0 radical (unpaired) electrons. The van der Waals surface area contributed by atoms with Crippen molar-refractivity contribution < 1.29 is 9.26 Å². The van der Waals surface area contributed by atoms with Gasteiger partial charge >= 0.3 is 0 Å². The third kappa shape index (κ3) is 3.25. The van der Waals surface area contributed by atoms with Gasteiger partial charge in [0.15, 0.2) is 5.76 Å². The molecule has 4 aromatic rings. The van der Waals surface area contributed by atoms with Crippen molar-refractivity contribution in [2.45, 2.75) is 6.54 Å². The average Bonchev–Trinajstić information content (AvgIpc) is 3.33. The Kier molecular flexibility index (Phi) is 3.96. The number of hydrogen-bond acceptors (Lipinski definition) is 6. The normalized spacial score (nSPS) is 10.8. The largest absolute Gasteiger partial charge is 0.497 e. The molecule has 0 aliphatic carbocycles. The quantitative estimate of drug-likeness (QED) is 0.558. The van der Waals surface area contributed by atoms with Crippen molar-refractivity contribution in [1.82, 2.24) is 25.4 Å². The molecule has 0 N–H and O–H groups in total. The van der Waals surface area contributed by atoms with Crippen LogP contribution in [0, 0.1) is 0 Å². The Labute approximate surface area is 143 Å². The number of benzene rings is 2. The summed E-state index contributed by atoms with van der Waals surface area (Å²) in [5, 5.41) is 16.6. The van der Waals surface area contributed by atoms with Crippen LogP contribution >= 0.6 is 0 Å². The Morgan fingerprint density at radius 2 is 1.80 bits per heavy atom. The van der Waals surface area contributed by atoms with Crippen molar-refractivity contribution in [1.29, 1.82) is 0 Å². The molecule has 7 nitrogen and oxygen atoms in total. The van der Waals surface area contributed by atoms with Crippen LogP contribution in [0.1, 0.15) is 5.76 Å². The van der Waals surface area contributed by atoms with E-state index in [1.165, 1.54) is 4.80 Å². The molecule has 7 heteroatoms. The van der Waals surface area contributed by atoms with Crippen molar-refractivity contribution in [3.05, 3.63) is 66.4 Å². The van der Waals surface area contributed by atoms with E-state index in [4.69, 9.17) is 9.26 Å². The standard InChI is InChI=1S/C18H15N5O2/c1-24-15-9-7-13(8-10-15)17-11-16(25-21-17)12-23-20-18(19-22-23)14-5-3-2-4-6-14/h2-11H,12H2,1H3. The van der Waals surface area contributed by atoms with Gasteiger partial charge in [-0.25, -0.2) is 0 Å². The van der Waals surface area contributed by atoms with Gasteiger partial charge in [-0.3, -0.25) is 0 Å². The van der Waals surface area contributed by atoms with E-state index in [2.05, 4.69) is 20.6 Å². The number of nitrogens with zero attached hydrogens (tertiary/aromatic N) is 5. The number of methoxy groups -OCH3 is 1. The maximum Gasteiger partial charge on any atom is 0.204 e. The van der Waals surface area contributed by atoms with Gasteiger partial charge in [-0.1, -0.05) is 35.5 Å². The van der Waals surface area contributed by atoms with E-state index in [9.17, 15) is 0 Å². The molecule has 0 bridgehead atoms. The van der Waals surface area contributed by atoms with Gasteiger partial charge in [0.25, 0.3) is 0 Å². The van der Waals surface area contributed by atoms with Crippen molar-refractivity contribution >= 4 is 0 Å². The summed E-state index contributed by atoms with van der Waals surface area (Å²) < 4.78 is 10.5. The minimum absolute atomic E-state index is 0.364. The van der Waals surface area contributed by atoms with E-state index in [0.29, 0.717) is 18.1 Å². The highest BCUT2D eigenvalue weighted by molar-refractivity contribution is 5.59. The van der Waals surface area contributed by atoms with Crippen LogP contribution < -0.4 is 4.74 Å². The molecule has 0 saturated heterocycles. The first kappa shape index (κ1) is 15.1. The van der Waals surface area contributed by atoms with Gasteiger partial charge in [0, 0.05) is 17.2 Å². The van der Waals surface area contributed by atoms with Crippen LogP contribution in [0.4, 0.5) is 0 Å². The summed E-state index contributed by atoms with van der Waals surface area (Å²) in [5.74, 6) is 2.03. The zero-order valence-electron chi connectivity index (χ0n) is 13.5. The summed E-state index contributed by atoms with van der Waals surface area (Å²) >= 11 is 0. The maximum atomic E-state index is 5.38. The second-order valence-electron chi connectivity index (χ2n) is 5.42. The number of aromatic nitrogens is 5. The lowest BCUT2D eigenvalue weighted by molar-refractivity contribution is 0.364.